The average molecular weight is 374 g/mol. The summed E-state index contributed by atoms with van der Waals surface area (Å²) in [6.45, 7) is -0.0312. The molecule has 0 atom stereocenters. The van der Waals surface area contributed by atoms with Gasteiger partial charge in [-0.2, -0.15) is 0 Å². The fraction of sp³-hybridized carbons (Fsp3) is 0.133. The molecule has 0 fully saturated rings. The third-order valence-electron chi connectivity index (χ3n) is 2.87. The summed E-state index contributed by atoms with van der Waals surface area (Å²) in [5.74, 6) is -0.711. The van der Waals surface area contributed by atoms with E-state index in [1.165, 1.54) is 36.4 Å². The van der Waals surface area contributed by atoms with Crippen LogP contribution in [0.3, 0.4) is 0 Å². The molecule has 9 heteroatoms. The number of sulfonamides is 1. The molecule has 0 saturated carbocycles. The molecule has 0 aliphatic rings. The van der Waals surface area contributed by atoms with E-state index in [0.717, 1.165) is 6.07 Å². The molecule has 2 rings (SSSR count). The number of nitrogens with two attached hydrogens (primary N) is 1. The van der Waals surface area contributed by atoms with Gasteiger partial charge in [0.2, 0.25) is 10.0 Å². The summed E-state index contributed by atoms with van der Waals surface area (Å²) < 4.78 is 45.7. The van der Waals surface area contributed by atoms with Crippen molar-refractivity contribution in [2.45, 2.75) is 4.90 Å². The number of rotatable bonds is 6. The summed E-state index contributed by atoms with van der Waals surface area (Å²) in [7, 11) is -4.05. The quantitative estimate of drug-likeness (QED) is 0.619. The van der Waals surface area contributed by atoms with Crippen molar-refractivity contribution in [1.82, 2.24) is 0 Å². The summed E-state index contributed by atoms with van der Waals surface area (Å²) >= 11 is 5.73. The Morgan fingerprint density at radius 3 is 2.42 bits per heavy atom. The zero-order valence-electron chi connectivity index (χ0n) is 12.2. The molecule has 0 amide bonds. The molecule has 6 nitrogen and oxygen atoms in total. The second-order valence-electron chi connectivity index (χ2n) is 4.63. The lowest BCUT2D eigenvalue weighted by Crippen LogP contribution is -2.15. The van der Waals surface area contributed by atoms with Crippen molar-refractivity contribution in [2.24, 2.45) is 5.14 Å². The lowest BCUT2D eigenvalue weighted by molar-refractivity contribution is 0.0450. The summed E-state index contributed by atoms with van der Waals surface area (Å²) in [4.78, 5) is 11.5. The van der Waals surface area contributed by atoms with Crippen molar-refractivity contribution >= 4 is 27.6 Å². The van der Waals surface area contributed by atoms with Crippen LogP contribution in [0.25, 0.3) is 0 Å². The third kappa shape index (κ3) is 4.92. The second-order valence-corrected chi connectivity index (χ2v) is 6.57. The number of benzene rings is 2. The molecule has 0 spiro atoms. The standard InChI is InChI=1S/C15H13ClFNO5S/c16-13-6-1-10(9-14(13)24(18,20)21)15(19)23-8-7-22-12-4-2-11(17)3-5-12/h1-6,9H,7-8H2,(H2,18,20,21). The Balaban J connectivity index is 1.92. The van der Waals surface area contributed by atoms with Crippen LogP contribution in [0.1, 0.15) is 10.4 Å². The Bertz CT molecular complexity index is 839. The van der Waals surface area contributed by atoms with Gasteiger partial charge in [0.25, 0.3) is 0 Å². The van der Waals surface area contributed by atoms with Crippen molar-refractivity contribution < 1.29 is 27.1 Å². The average Bonchev–Trinajstić information content (AvgIpc) is 2.52. The summed E-state index contributed by atoms with van der Waals surface area (Å²) in [5.41, 5.74) is -0.00907. The van der Waals surface area contributed by atoms with E-state index in [1.807, 2.05) is 0 Å². The molecule has 24 heavy (non-hydrogen) atoms. The first-order chi connectivity index (χ1) is 11.3. The van der Waals surface area contributed by atoms with E-state index >= 15 is 0 Å². The fourth-order valence-corrected chi connectivity index (χ4v) is 2.83. The van der Waals surface area contributed by atoms with Gasteiger partial charge in [-0.05, 0) is 42.5 Å². The summed E-state index contributed by atoms with van der Waals surface area (Å²) in [6, 6.07) is 8.96. The normalized spacial score (nSPS) is 11.1. The van der Waals surface area contributed by atoms with Crippen LogP contribution in [-0.2, 0) is 14.8 Å². The molecular weight excluding hydrogens is 361 g/mol. The van der Waals surface area contributed by atoms with Crippen molar-refractivity contribution in [3.05, 3.63) is 58.9 Å². The van der Waals surface area contributed by atoms with E-state index < -0.39 is 16.0 Å². The van der Waals surface area contributed by atoms with E-state index in [4.69, 9.17) is 26.2 Å². The highest BCUT2D eigenvalue weighted by atomic mass is 35.5. The minimum Gasteiger partial charge on any atom is -0.490 e. The molecule has 0 heterocycles. The lowest BCUT2D eigenvalue weighted by atomic mass is 10.2. The van der Waals surface area contributed by atoms with Gasteiger partial charge in [-0.1, -0.05) is 11.6 Å². The number of esters is 1. The Kier molecular flexibility index (Phi) is 5.76. The molecule has 2 aromatic rings. The highest BCUT2D eigenvalue weighted by Gasteiger charge is 2.17. The Labute approximate surface area is 143 Å². The van der Waals surface area contributed by atoms with Crippen LogP contribution in [0.5, 0.6) is 5.75 Å². The number of carbonyl (C=O) groups is 1. The first kappa shape index (κ1) is 18.2. The minimum atomic E-state index is -4.05. The molecule has 2 aromatic carbocycles. The minimum absolute atomic E-state index is 0.00907. The fourth-order valence-electron chi connectivity index (χ4n) is 1.76. The molecule has 128 valence electrons. The summed E-state index contributed by atoms with van der Waals surface area (Å²) in [5, 5.41) is 4.92. The van der Waals surface area contributed by atoms with Crippen molar-refractivity contribution in [2.75, 3.05) is 13.2 Å². The number of carbonyl (C=O) groups excluding carboxylic acids is 1. The first-order valence-corrected chi connectivity index (χ1v) is 8.57. The zero-order valence-corrected chi connectivity index (χ0v) is 13.8. The van der Waals surface area contributed by atoms with Gasteiger partial charge in [-0.3, -0.25) is 0 Å². The monoisotopic (exact) mass is 373 g/mol. The highest BCUT2D eigenvalue weighted by Crippen LogP contribution is 2.21. The number of primary sulfonamides is 1. The molecule has 0 aromatic heterocycles. The number of hydrogen-bond acceptors (Lipinski definition) is 5. The van der Waals surface area contributed by atoms with Crippen LogP contribution in [-0.4, -0.2) is 27.6 Å². The van der Waals surface area contributed by atoms with E-state index in [0.29, 0.717) is 5.75 Å². The lowest BCUT2D eigenvalue weighted by Gasteiger charge is -2.08. The van der Waals surface area contributed by atoms with Gasteiger partial charge in [0.15, 0.2) is 0 Å². The van der Waals surface area contributed by atoms with Gasteiger partial charge in [-0.15, -0.1) is 0 Å². The molecular formula is C15H13ClFNO5S. The summed E-state index contributed by atoms with van der Waals surface area (Å²) in [6.07, 6.45) is 0. The smallest absolute Gasteiger partial charge is 0.338 e. The first-order valence-electron chi connectivity index (χ1n) is 6.65. The van der Waals surface area contributed by atoms with Gasteiger partial charge in [0, 0.05) is 0 Å². The van der Waals surface area contributed by atoms with Crippen molar-refractivity contribution in [3.8, 4) is 5.75 Å². The van der Waals surface area contributed by atoms with Crippen LogP contribution in [0.4, 0.5) is 4.39 Å². The van der Waals surface area contributed by atoms with E-state index in [1.54, 1.807) is 0 Å². The predicted molar refractivity (Wildman–Crippen MR) is 85.0 cm³/mol. The molecule has 0 unspecified atom stereocenters. The van der Waals surface area contributed by atoms with Crippen LogP contribution >= 0.6 is 11.6 Å². The van der Waals surface area contributed by atoms with E-state index in [9.17, 15) is 17.6 Å². The Hall–Kier alpha value is -2.16. The van der Waals surface area contributed by atoms with E-state index in [-0.39, 0.29) is 34.5 Å². The Morgan fingerprint density at radius 1 is 1.12 bits per heavy atom. The van der Waals surface area contributed by atoms with E-state index in [2.05, 4.69) is 0 Å². The Morgan fingerprint density at radius 2 is 1.79 bits per heavy atom. The highest BCUT2D eigenvalue weighted by molar-refractivity contribution is 7.89. The van der Waals surface area contributed by atoms with Crippen molar-refractivity contribution in [1.29, 1.82) is 0 Å². The van der Waals surface area contributed by atoms with Gasteiger partial charge >= 0.3 is 5.97 Å². The molecule has 0 aliphatic carbocycles. The SMILES string of the molecule is NS(=O)(=O)c1cc(C(=O)OCCOc2ccc(F)cc2)ccc1Cl. The van der Waals surface area contributed by atoms with Gasteiger partial charge in [-0.25, -0.2) is 22.7 Å². The maximum Gasteiger partial charge on any atom is 0.338 e. The molecule has 0 radical (unpaired) electrons. The number of ether oxygens (including phenoxy) is 2. The van der Waals surface area contributed by atoms with Crippen LogP contribution in [0.15, 0.2) is 47.4 Å². The predicted octanol–water partition coefficient (Wildman–Crippen LogP) is 2.36. The van der Waals surface area contributed by atoms with Crippen LogP contribution < -0.4 is 9.88 Å². The molecule has 0 bridgehead atoms. The van der Waals surface area contributed by atoms with Gasteiger partial charge < -0.3 is 9.47 Å². The van der Waals surface area contributed by atoms with Gasteiger partial charge in [0.05, 0.1) is 10.6 Å². The number of hydrogen-bond donors (Lipinski definition) is 1. The van der Waals surface area contributed by atoms with Crippen molar-refractivity contribution in [3.63, 3.8) is 0 Å². The zero-order chi connectivity index (χ0) is 17.7. The maximum absolute atomic E-state index is 12.7. The largest absolute Gasteiger partial charge is 0.490 e. The third-order valence-corrected chi connectivity index (χ3v) is 4.26. The topological polar surface area (TPSA) is 95.7 Å². The maximum atomic E-state index is 12.7. The van der Waals surface area contributed by atoms with Gasteiger partial charge in [0.1, 0.15) is 29.7 Å². The van der Waals surface area contributed by atoms with Crippen LogP contribution in [0.2, 0.25) is 5.02 Å². The van der Waals surface area contributed by atoms with Crippen LogP contribution in [0, 0.1) is 5.82 Å². The second kappa shape index (κ2) is 7.61. The number of halogens is 2. The molecule has 0 saturated heterocycles. The molecule has 0 aliphatic heterocycles. The molecule has 2 N–H and O–H groups in total.